The van der Waals surface area contributed by atoms with Crippen LogP contribution in [0.2, 0.25) is 0 Å². The quantitative estimate of drug-likeness (QED) is 0.769. The lowest BCUT2D eigenvalue weighted by Crippen LogP contribution is -2.36. The molecule has 0 bridgehead atoms. The van der Waals surface area contributed by atoms with Crippen LogP contribution in [0, 0.1) is 0 Å². The second-order valence-electron chi connectivity index (χ2n) is 5.64. The second-order valence-corrected chi connectivity index (χ2v) is 5.64. The molecule has 0 unspecified atom stereocenters. The van der Waals surface area contributed by atoms with Crippen molar-refractivity contribution >= 4 is 22.5 Å². The average molecular weight is 338 g/mol. The van der Waals surface area contributed by atoms with Crippen LogP contribution < -0.4 is 10.5 Å². The maximum atomic E-state index is 13.0. The molecule has 0 aliphatic carbocycles. The van der Waals surface area contributed by atoms with Gasteiger partial charge in [-0.1, -0.05) is 24.3 Å². The Morgan fingerprint density at radius 1 is 1.08 bits per heavy atom. The van der Waals surface area contributed by atoms with Gasteiger partial charge in [-0.15, -0.1) is 0 Å². The van der Waals surface area contributed by atoms with E-state index in [1.807, 2.05) is 6.07 Å². The van der Waals surface area contributed by atoms with Gasteiger partial charge in [0.2, 0.25) is 0 Å². The Kier molecular flexibility index (Phi) is 4.19. The van der Waals surface area contributed by atoms with Crippen molar-refractivity contribution in [1.29, 1.82) is 0 Å². The number of anilines is 1. The summed E-state index contributed by atoms with van der Waals surface area (Å²) >= 11 is 0. The van der Waals surface area contributed by atoms with Gasteiger partial charge in [0.05, 0.1) is 10.9 Å². The van der Waals surface area contributed by atoms with E-state index in [1.54, 1.807) is 43.3 Å². The molecule has 3 rings (SSSR count). The van der Waals surface area contributed by atoms with Gasteiger partial charge in [-0.25, -0.2) is 0 Å². The van der Waals surface area contributed by atoms with Crippen molar-refractivity contribution < 1.29 is 15.0 Å². The van der Waals surface area contributed by atoms with E-state index >= 15 is 0 Å². The van der Waals surface area contributed by atoms with E-state index in [2.05, 4.69) is 0 Å². The minimum absolute atomic E-state index is 0.0806. The molecular weight excluding hydrogens is 320 g/mol. The monoisotopic (exact) mass is 338 g/mol. The molecule has 0 saturated heterocycles. The van der Waals surface area contributed by atoms with Gasteiger partial charge < -0.3 is 19.7 Å². The summed E-state index contributed by atoms with van der Waals surface area (Å²) < 4.78 is 1.25. The fraction of sp³-hybridized carbons (Fsp3) is 0.158. The Morgan fingerprint density at radius 3 is 2.40 bits per heavy atom. The smallest absolute Gasteiger partial charge is 0.267 e. The molecule has 3 aromatic rings. The number of hydrogen-bond acceptors (Lipinski definition) is 4. The number of aromatic hydroxyl groups is 2. The first-order valence-corrected chi connectivity index (χ1v) is 7.88. The molecule has 0 spiro atoms. The first-order valence-electron chi connectivity index (χ1n) is 7.88. The van der Waals surface area contributed by atoms with Gasteiger partial charge in [-0.3, -0.25) is 9.59 Å². The second kappa shape index (κ2) is 6.32. The lowest BCUT2D eigenvalue weighted by atomic mass is 10.1. The van der Waals surface area contributed by atoms with E-state index in [1.165, 1.54) is 22.6 Å². The lowest BCUT2D eigenvalue weighted by molar-refractivity contribution is 0.0984. The summed E-state index contributed by atoms with van der Waals surface area (Å²) in [6.45, 7) is 2.11. The van der Waals surface area contributed by atoms with Gasteiger partial charge in [0.25, 0.3) is 11.5 Å². The number of para-hydroxylation sites is 1. The summed E-state index contributed by atoms with van der Waals surface area (Å²) in [7, 11) is 1.50. The van der Waals surface area contributed by atoms with Crippen LogP contribution in [-0.4, -0.2) is 27.2 Å². The molecule has 0 fully saturated rings. The molecule has 6 nitrogen and oxygen atoms in total. The number of benzene rings is 2. The van der Waals surface area contributed by atoms with Crippen LogP contribution >= 0.6 is 0 Å². The molecule has 1 amide bonds. The van der Waals surface area contributed by atoms with E-state index in [0.29, 0.717) is 17.7 Å². The van der Waals surface area contributed by atoms with Crippen molar-refractivity contribution in [2.75, 3.05) is 11.4 Å². The van der Waals surface area contributed by atoms with E-state index in [0.717, 1.165) is 0 Å². The van der Waals surface area contributed by atoms with Crippen molar-refractivity contribution in [3.8, 4) is 11.5 Å². The van der Waals surface area contributed by atoms with Crippen LogP contribution in [-0.2, 0) is 7.05 Å². The van der Waals surface area contributed by atoms with Crippen LogP contribution in [0.4, 0.5) is 5.69 Å². The number of carbonyl (C=O) groups excluding carboxylic acids is 1. The molecule has 128 valence electrons. The summed E-state index contributed by atoms with van der Waals surface area (Å²) in [4.78, 5) is 27.1. The number of phenols is 1. The third-order valence-corrected chi connectivity index (χ3v) is 4.22. The molecule has 6 heteroatoms. The molecule has 2 N–H and O–H groups in total. The van der Waals surface area contributed by atoms with Gasteiger partial charge in [0, 0.05) is 19.3 Å². The van der Waals surface area contributed by atoms with Crippen molar-refractivity contribution in [1.82, 2.24) is 4.57 Å². The lowest BCUT2D eigenvalue weighted by Gasteiger charge is -2.22. The van der Waals surface area contributed by atoms with Crippen LogP contribution in [0.15, 0.2) is 53.3 Å². The molecule has 0 atom stereocenters. The molecule has 25 heavy (non-hydrogen) atoms. The van der Waals surface area contributed by atoms with Crippen molar-refractivity contribution in [2.24, 2.45) is 7.05 Å². The van der Waals surface area contributed by atoms with Gasteiger partial charge in [-0.2, -0.15) is 0 Å². The largest absolute Gasteiger partial charge is 0.507 e. The van der Waals surface area contributed by atoms with E-state index in [4.69, 9.17) is 0 Å². The predicted octanol–water partition coefficient (Wildman–Crippen LogP) is 2.62. The maximum Gasteiger partial charge on any atom is 0.267 e. The van der Waals surface area contributed by atoms with Crippen LogP contribution in [0.5, 0.6) is 11.5 Å². The standard InChI is InChI=1S/C19H18N2O4/c1-3-21(12-8-5-4-6-9-12)19(25)16-17(23)15-13(20(2)18(16)24)10-7-11-14(15)22/h4-11,22-23H,3H2,1-2H3. The van der Waals surface area contributed by atoms with Gasteiger partial charge >= 0.3 is 0 Å². The number of rotatable bonds is 3. The molecule has 2 aromatic carbocycles. The van der Waals surface area contributed by atoms with E-state index in [-0.39, 0.29) is 16.7 Å². The molecule has 0 aliphatic heterocycles. The predicted molar refractivity (Wildman–Crippen MR) is 96.3 cm³/mol. The summed E-state index contributed by atoms with van der Waals surface area (Å²) in [5.74, 6) is -1.31. The number of fused-ring (bicyclic) bond motifs is 1. The first kappa shape index (κ1) is 16.6. The van der Waals surface area contributed by atoms with E-state index in [9.17, 15) is 19.8 Å². The summed E-state index contributed by atoms with van der Waals surface area (Å²) in [5, 5.41) is 20.7. The number of aromatic nitrogens is 1. The summed E-state index contributed by atoms with van der Waals surface area (Å²) in [5.41, 5.74) is -0.00664. The Balaban J connectivity index is 2.27. The van der Waals surface area contributed by atoms with Gasteiger partial charge in [0.1, 0.15) is 17.1 Å². The van der Waals surface area contributed by atoms with Gasteiger partial charge in [-0.05, 0) is 31.2 Å². The number of nitrogens with zero attached hydrogens (tertiary/aromatic N) is 2. The molecule has 0 aliphatic rings. The number of phenolic OH excluding ortho intramolecular Hbond substituents is 1. The highest BCUT2D eigenvalue weighted by molar-refractivity contribution is 6.11. The molecule has 1 aromatic heterocycles. The number of amides is 1. The Morgan fingerprint density at radius 2 is 1.76 bits per heavy atom. The molecule has 0 radical (unpaired) electrons. The van der Waals surface area contributed by atoms with Crippen molar-refractivity contribution in [3.63, 3.8) is 0 Å². The average Bonchev–Trinajstić information content (AvgIpc) is 2.61. The number of aryl methyl sites for hydroxylation is 1. The van der Waals surface area contributed by atoms with Gasteiger partial charge in [0.15, 0.2) is 0 Å². The zero-order chi connectivity index (χ0) is 18.1. The van der Waals surface area contributed by atoms with Crippen LogP contribution in [0.3, 0.4) is 0 Å². The minimum Gasteiger partial charge on any atom is -0.507 e. The normalized spacial score (nSPS) is 10.8. The number of hydrogen-bond donors (Lipinski definition) is 2. The third kappa shape index (κ3) is 2.61. The Bertz CT molecular complexity index is 1010. The van der Waals surface area contributed by atoms with Crippen LogP contribution in [0.1, 0.15) is 17.3 Å². The third-order valence-electron chi connectivity index (χ3n) is 4.22. The van der Waals surface area contributed by atoms with Crippen molar-refractivity contribution in [3.05, 3.63) is 64.4 Å². The number of carbonyl (C=O) groups is 1. The molecular formula is C19H18N2O4. The highest BCUT2D eigenvalue weighted by Crippen LogP contribution is 2.34. The Labute approximate surface area is 144 Å². The minimum atomic E-state index is -0.616. The van der Waals surface area contributed by atoms with E-state index < -0.39 is 17.2 Å². The maximum absolute atomic E-state index is 13.0. The first-order chi connectivity index (χ1) is 12.0. The topological polar surface area (TPSA) is 82.8 Å². The zero-order valence-corrected chi connectivity index (χ0v) is 13.9. The zero-order valence-electron chi connectivity index (χ0n) is 13.9. The molecule has 0 saturated carbocycles. The highest BCUT2D eigenvalue weighted by atomic mass is 16.3. The summed E-state index contributed by atoms with van der Waals surface area (Å²) in [6.07, 6.45) is 0. The SMILES string of the molecule is CCN(C(=O)c1c(O)c2c(O)cccc2n(C)c1=O)c1ccccc1. The van der Waals surface area contributed by atoms with Crippen LogP contribution in [0.25, 0.3) is 10.9 Å². The molecule has 1 heterocycles. The highest BCUT2D eigenvalue weighted by Gasteiger charge is 2.26. The fourth-order valence-corrected chi connectivity index (χ4v) is 2.93. The summed E-state index contributed by atoms with van der Waals surface area (Å²) in [6, 6.07) is 13.5. The van der Waals surface area contributed by atoms with Crippen molar-refractivity contribution in [2.45, 2.75) is 6.92 Å². The fourth-order valence-electron chi connectivity index (χ4n) is 2.93. The Hall–Kier alpha value is -3.28. The number of pyridine rings is 1.